The summed E-state index contributed by atoms with van der Waals surface area (Å²) in [6.07, 6.45) is 0. The summed E-state index contributed by atoms with van der Waals surface area (Å²) in [5.74, 6) is -0.643. The van der Waals surface area contributed by atoms with Crippen LogP contribution in [-0.2, 0) is 6.54 Å². The number of fused-ring (bicyclic) bond motifs is 3. The zero-order valence-corrected chi connectivity index (χ0v) is 15.6. The van der Waals surface area contributed by atoms with Gasteiger partial charge in [0.1, 0.15) is 11.9 Å². The van der Waals surface area contributed by atoms with E-state index in [1.165, 1.54) is 24.3 Å². The van der Waals surface area contributed by atoms with Crippen LogP contribution in [0.4, 0.5) is 4.39 Å². The molecule has 0 N–H and O–H groups in total. The first kappa shape index (κ1) is 17.9. The van der Waals surface area contributed by atoms with Crippen molar-refractivity contribution < 1.29 is 9.18 Å². The first-order chi connectivity index (χ1) is 13.5. The van der Waals surface area contributed by atoms with E-state index >= 15 is 0 Å². The molecule has 2 heterocycles. The maximum atomic E-state index is 13.3. The van der Waals surface area contributed by atoms with Crippen LogP contribution in [0.5, 0.6) is 0 Å². The fraction of sp³-hybridized carbons (Fsp3) is 0.130. The summed E-state index contributed by atoms with van der Waals surface area (Å²) < 4.78 is 15.1. The molecule has 138 valence electrons. The molecule has 0 unspecified atom stereocenters. The first-order valence-electron chi connectivity index (χ1n) is 8.90. The summed E-state index contributed by atoms with van der Waals surface area (Å²) in [4.78, 5) is 15.2. The number of nitriles is 1. The molecule has 2 aromatic heterocycles. The number of ketones is 1. The highest BCUT2D eigenvalue weighted by Crippen LogP contribution is 2.26. The van der Waals surface area contributed by atoms with Crippen molar-refractivity contribution in [3.63, 3.8) is 0 Å². The summed E-state index contributed by atoms with van der Waals surface area (Å²) in [5.41, 5.74) is 3.87. The van der Waals surface area contributed by atoms with Gasteiger partial charge in [-0.25, -0.2) is 4.39 Å². The third-order valence-corrected chi connectivity index (χ3v) is 4.75. The Balaban J connectivity index is 1.99. The highest BCUT2D eigenvalue weighted by Gasteiger charge is 2.19. The molecule has 28 heavy (non-hydrogen) atoms. The molecule has 0 saturated carbocycles. The van der Waals surface area contributed by atoms with Crippen LogP contribution in [-0.4, -0.2) is 29.2 Å². The largest absolute Gasteiger partial charge is 0.305 e. The second-order valence-electron chi connectivity index (χ2n) is 7.08. The van der Waals surface area contributed by atoms with Gasteiger partial charge in [0.05, 0.1) is 22.3 Å². The summed E-state index contributed by atoms with van der Waals surface area (Å²) in [5, 5.41) is 10.5. The van der Waals surface area contributed by atoms with E-state index in [-0.39, 0.29) is 5.78 Å². The third-order valence-electron chi connectivity index (χ3n) is 4.75. The van der Waals surface area contributed by atoms with E-state index in [4.69, 9.17) is 0 Å². The predicted octanol–water partition coefficient (Wildman–Crippen LogP) is 4.40. The standard InChI is InChI=1S/C23H18FN3O/c1-26(2)14-15-3-4-16-7-10-20-18(13-25)12-22(27(20)21(16)11-15)23(28)17-5-8-19(24)9-6-17/h3-12H,14H2,1-2H3. The Bertz CT molecular complexity index is 1250. The molecule has 2 aromatic carbocycles. The lowest BCUT2D eigenvalue weighted by Crippen LogP contribution is -2.11. The molecule has 0 aliphatic rings. The average Bonchev–Trinajstić information content (AvgIpc) is 3.07. The van der Waals surface area contributed by atoms with Crippen LogP contribution in [0.1, 0.15) is 27.2 Å². The van der Waals surface area contributed by atoms with E-state index in [0.717, 1.165) is 23.0 Å². The highest BCUT2D eigenvalue weighted by molar-refractivity contribution is 6.10. The van der Waals surface area contributed by atoms with Gasteiger partial charge in [-0.2, -0.15) is 5.26 Å². The topological polar surface area (TPSA) is 48.5 Å². The minimum absolute atomic E-state index is 0.248. The Labute approximate surface area is 162 Å². The molecule has 0 aliphatic carbocycles. The van der Waals surface area contributed by atoms with Gasteiger partial charge in [-0.1, -0.05) is 18.2 Å². The van der Waals surface area contributed by atoms with Crippen molar-refractivity contribution >= 4 is 22.2 Å². The second kappa shape index (κ2) is 6.91. The number of hydrogen-bond donors (Lipinski definition) is 0. The van der Waals surface area contributed by atoms with Crippen molar-refractivity contribution in [2.45, 2.75) is 6.54 Å². The van der Waals surface area contributed by atoms with E-state index in [0.29, 0.717) is 22.3 Å². The average molecular weight is 371 g/mol. The molecular formula is C23H18FN3O. The van der Waals surface area contributed by atoms with E-state index in [1.807, 2.05) is 42.8 Å². The van der Waals surface area contributed by atoms with Crippen molar-refractivity contribution in [2.24, 2.45) is 0 Å². The SMILES string of the molecule is CN(C)Cc1ccc2ccc3c(C#N)cc(C(=O)c4ccc(F)cc4)n3c2c1. The molecule has 0 aliphatic heterocycles. The normalized spacial score (nSPS) is 11.2. The Hall–Kier alpha value is -3.49. The van der Waals surface area contributed by atoms with Gasteiger partial charge >= 0.3 is 0 Å². The van der Waals surface area contributed by atoms with Gasteiger partial charge in [0, 0.05) is 12.1 Å². The molecule has 4 rings (SSSR count). The number of hydrogen-bond acceptors (Lipinski definition) is 3. The number of nitrogens with zero attached hydrogens (tertiary/aromatic N) is 3. The van der Waals surface area contributed by atoms with Crippen molar-refractivity contribution in [1.82, 2.24) is 9.30 Å². The van der Waals surface area contributed by atoms with E-state index in [2.05, 4.69) is 17.0 Å². The predicted molar refractivity (Wildman–Crippen MR) is 107 cm³/mol. The molecule has 5 heteroatoms. The number of carbonyl (C=O) groups excluding carboxylic acids is 1. The van der Waals surface area contributed by atoms with Gasteiger partial charge < -0.3 is 9.30 Å². The fourth-order valence-electron chi connectivity index (χ4n) is 3.51. The van der Waals surface area contributed by atoms with Gasteiger partial charge in [-0.05, 0) is 67.5 Å². The maximum absolute atomic E-state index is 13.3. The van der Waals surface area contributed by atoms with Gasteiger partial charge in [0.15, 0.2) is 0 Å². The van der Waals surface area contributed by atoms with Crippen LogP contribution >= 0.6 is 0 Å². The summed E-state index contributed by atoms with van der Waals surface area (Å²) in [6, 6.07) is 19.2. The lowest BCUT2D eigenvalue weighted by atomic mass is 10.1. The van der Waals surface area contributed by atoms with Gasteiger partial charge in [-0.3, -0.25) is 4.79 Å². The lowest BCUT2D eigenvalue weighted by Gasteiger charge is -2.12. The number of benzene rings is 2. The maximum Gasteiger partial charge on any atom is 0.209 e. The second-order valence-corrected chi connectivity index (χ2v) is 7.08. The van der Waals surface area contributed by atoms with Crippen molar-refractivity contribution in [2.75, 3.05) is 14.1 Å². The van der Waals surface area contributed by atoms with Crippen molar-refractivity contribution in [3.8, 4) is 6.07 Å². The summed E-state index contributed by atoms with van der Waals surface area (Å²) >= 11 is 0. The lowest BCUT2D eigenvalue weighted by molar-refractivity contribution is 0.103. The number of carbonyl (C=O) groups is 1. The van der Waals surface area contributed by atoms with E-state index < -0.39 is 5.82 Å². The minimum atomic E-state index is -0.395. The van der Waals surface area contributed by atoms with Crippen molar-refractivity contribution in [3.05, 3.63) is 88.9 Å². The molecule has 0 radical (unpaired) electrons. The number of aromatic nitrogens is 1. The van der Waals surface area contributed by atoms with Gasteiger partial charge in [-0.15, -0.1) is 0 Å². The van der Waals surface area contributed by atoms with E-state index in [1.54, 1.807) is 6.07 Å². The van der Waals surface area contributed by atoms with Crippen molar-refractivity contribution in [1.29, 1.82) is 5.26 Å². The van der Waals surface area contributed by atoms with Crippen LogP contribution in [0, 0.1) is 17.1 Å². The third kappa shape index (κ3) is 3.04. The molecule has 4 nitrogen and oxygen atoms in total. The molecule has 0 spiro atoms. The molecule has 0 saturated heterocycles. The minimum Gasteiger partial charge on any atom is -0.305 e. The summed E-state index contributed by atoms with van der Waals surface area (Å²) in [6.45, 7) is 0.764. The molecule has 0 amide bonds. The quantitative estimate of drug-likeness (QED) is 0.500. The van der Waals surface area contributed by atoms with Gasteiger partial charge in [0.2, 0.25) is 5.78 Å². The van der Waals surface area contributed by atoms with Crippen LogP contribution in [0.3, 0.4) is 0 Å². The van der Waals surface area contributed by atoms with Crippen LogP contribution < -0.4 is 0 Å². The number of pyridine rings is 1. The number of halogens is 1. The first-order valence-corrected chi connectivity index (χ1v) is 8.90. The highest BCUT2D eigenvalue weighted by atomic mass is 19.1. The zero-order chi connectivity index (χ0) is 19.8. The molecule has 0 atom stereocenters. The zero-order valence-electron chi connectivity index (χ0n) is 15.6. The van der Waals surface area contributed by atoms with Crippen LogP contribution in [0.25, 0.3) is 16.4 Å². The van der Waals surface area contributed by atoms with Gasteiger partial charge in [0.25, 0.3) is 0 Å². The Morgan fingerprint density at radius 1 is 1.04 bits per heavy atom. The molecule has 0 bridgehead atoms. The van der Waals surface area contributed by atoms with E-state index in [9.17, 15) is 14.4 Å². The molecular weight excluding hydrogens is 353 g/mol. The monoisotopic (exact) mass is 371 g/mol. The van der Waals surface area contributed by atoms with Crippen LogP contribution in [0.15, 0.2) is 60.7 Å². The molecule has 0 fully saturated rings. The Morgan fingerprint density at radius 2 is 1.75 bits per heavy atom. The summed E-state index contributed by atoms with van der Waals surface area (Å²) in [7, 11) is 4.00. The number of rotatable bonds is 4. The van der Waals surface area contributed by atoms with Crippen LogP contribution in [0.2, 0.25) is 0 Å². The Kier molecular flexibility index (Phi) is 4.42. The molecule has 4 aromatic rings. The Morgan fingerprint density at radius 3 is 2.43 bits per heavy atom. The fourth-order valence-corrected chi connectivity index (χ4v) is 3.51. The smallest absolute Gasteiger partial charge is 0.209 e.